The van der Waals surface area contributed by atoms with Crippen LogP contribution < -0.4 is 0 Å². The molecule has 0 aliphatic rings. The molecule has 1 heterocycles. The van der Waals surface area contributed by atoms with E-state index < -0.39 is 0 Å². The van der Waals surface area contributed by atoms with Gasteiger partial charge in [-0.2, -0.15) is 0 Å². The number of para-hydroxylation sites is 1. The molecule has 1 heteroatoms. The molecule has 1 aromatic heterocycles. The van der Waals surface area contributed by atoms with E-state index in [1.807, 2.05) is 0 Å². The van der Waals surface area contributed by atoms with Gasteiger partial charge in [-0.15, -0.1) is 0 Å². The molecule has 0 fully saturated rings. The summed E-state index contributed by atoms with van der Waals surface area (Å²) in [4.78, 5) is 0. The van der Waals surface area contributed by atoms with Crippen LogP contribution >= 0.6 is 0 Å². The lowest BCUT2D eigenvalue weighted by Gasteiger charge is -2.19. The van der Waals surface area contributed by atoms with Crippen LogP contribution in [-0.2, 0) is 0 Å². The molecule has 0 unspecified atom stereocenters. The van der Waals surface area contributed by atoms with Gasteiger partial charge in [0.25, 0.3) is 0 Å². The summed E-state index contributed by atoms with van der Waals surface area (Å²) in [5, 5.41) is 17.5. The summed E-state index contributed by atoms with van der Waals surface area (Å²) in [6.07, 6.45) is 0. The fraction of sp³-hybridized carbons (Fsp3) is 0. The number of nitrogens with zero attached hydrogens (tertiary/aromatic N) is 1. The van der Waals surface area contributed by atoms with Gasteiger partial charge in [-0.3, -0.25) is 0 Å². The molecular formula is C60H37N. The van der Waals surface area contributed by atoms with E-state index in [0.717, 1.165) is 0 Å². The van der Waals surface area contributed by atoms with Gasteiger partial charge in [0.2, 0.25) is 0 Å². The van der Waals surface area contributed by atoms with Crippen molar-refractivity contribution in [2.75, 3.05) is 0 Å². The van der Waals surface area contributed by atoms with Gasteiger partial charge in [0.1, 0.15) is 0 Å². The number of benzene rings is 12. The predicted octanol–water partition coefficient (Wildman–Crippen LogP) is 16.7. The summed E-state index contributed by atoms with van der Waals surface area (Å²) in [5.74, 6) is 0. The number of hydrogen-bond acceptors (Lipinski definition) is 0. The highest BCUT2D eigenvalue weighted by Gasteiger charge is 2.19. The molecule has 0 saturated carbocycles. The molecule has 0 aliphatic carbocycles. The second-order valence-corrected chi connectivity index (χ2v) is 16.5. The molecule has 0 bridgehead atoms. The Morgan fingerprint density at radius 3 is 1.56 bits per heavy atom. The van der Waals surface area contributed by atoms with Gasteiger partial charge in [0, 0.05) is 21.8 Å². The predicted molar refractivity (Wildman–Crippen MR) is 262 cm³/mol. The minimum absolute atomic E-state index is 1.17. The first kappa shape index (κ1) is 33.9. The molecule has 0 amide bonds. The average Bonchev–Trinajstić information content (AvgIpc) is 3.67. The van der Waals surface area contributed by atoms with E-state index in [2.05, 4.69) is 229 Å². The van der Waals surface area contributed by atoms with Crippen LogP contribution in [0.1, 0.15) is 0 Å². The van der Waals surface area contributed by atoms with Crippen molar-refractivity contribution in [1.82, 2.24) is 4.57 Å². The Balaban J connectivity index is 1.00. The zero-order chi connectivity index (χ0) is 40.0. The first-order valence-corrected chi connectivity index (χ1v) is 21.2. The zero-order valence-corrected chi connectivity index (χ0v) is 33.3. The Labute approximate surface area is 353 Å². The smallest absolute Gasteiger partial charge is 0.0619 e. The first-order valence-electron chi connectivity index (χ1n) is 21.2. The molecule has 0 atom stereocenters. The second-order valence-electron chi connectivity index (χ2n) is 16.5. The summed E-state index contributed by atoms with van der Waals surface area (Å²) >= 11 is 0. The van der Waals surface area contributed by atoms with Crippen LogP contribution in [0.5, 0.6) is 0 Å². The fourth-order valence-electron chi connectivity index (χ4n) is 10.2. The van der Waals surface area contributed by atoms with E-state index in [0.29, 0.717) is 0 Å². The van der Waals surface area contributed by atoms with Crippen molar-refractivity contribution in [3.8, 4) is 39.1 Å². The third kappa shape index (κ3) is 5.27. The molecule has 12 aromatic carbocycles. The Morgan fingerprint density at radius 2 is 0.738 bits per heavy atom. The summed E-state index contributed by atoms with van der Waals surface area (Å²) < 4.78 is 2.46. The molecule has 13 rings (SSSR count). The maximum Gasteiger partial charge on any atom is 0.0619 e. The molecule has 0 spiro atoms. The Kier molecular flexibility index (Phi) is 7.37. The monoisotopic (exact) mass is 771 g/mol. The van der Waals surface area contributed by atoms with Crippen molar-refractivity contribution in [2.24, 2.45) is 0 Å². The number of hydrogen-bond donors (Lipinski definition) is 0. The molecule has 0 radical (unpaired) electrons. The van der Waals surface area contributed by atoms with Crippen LogP contribution in [0.25, 0.3) is 126 Å². The third-order valence-corrected chi connectivity index (χ3v) is 13.1. The van der Waals surface area contributed by atoms with E-state index in [1.54, 1.807) is 0 Å². The Hall–Kier alpha value is -8.00. The van der Waals surface area contributed by atoms with Crippen molar-refractivity contribution in [2.45, 2.75) is 0 Å². The van der Waals surface area contributed by atoms with Gasteiger partial charge in [-0.25, -0.2) is 0 Å². The molecule has 282 valence electrons. The fourth-order valence-corrected chi connectivity index (χ4v) is 10.2. The second kappa shape index (κ2) is 13.3. The highest BCUT2D eigenvalue weighted by Crippen LogP contribution is 2.46. The molecule has 1 nitrogen and oxygen atoms in total. The van der Waals surface area contributed by atoms with Crippen LogP contribution in [0.4, 0.5) is 0 Å². The van der Waals surface area contributed by atoms with E-state index in [4.69, 9.17) is 0 Å². The van der Waals surface area contributed by atoms with Crippen LogP contribution in [0.15, 0.2) is 224 Å². The van der Waals surface area contributed by atoms with Crippen LogP contribution in [-0.4, -0.2) is 4.57 Å². The molecule has 13 aromatic rings. The van der Waals surface area contributed by atoms with Crippen LogP contribution in [0, 0.1) is 0 Å². The minimum Gasteiger partial charge on any atom is -0.309 e. The molecular weight excluding hydrogens is 735 g/mol. The lowest BCUT2D eigenvalue weighted by atomic mass is 9.84. The summed E-state index contributed by atoms with van der Waals surface area (Å²) in [6, 6.07) is 83.2. The van der Waals surface area contributed by atoms with Gasteiger partial charge in [-0.05, 0) is 141 Å². The van der Waals surface area contributed by atoms with Crippen molar-refractivity contribution in [3.05, 3.63) is 224 Å². The summed E-state index contributed by atoms with van der Waals surface area (Å²) in [7, 11) is 0. The molecule has 0 saturated heterocycles. The van der Waals surface area contributed by atoms with Crippen molar-refractivity contribution in [1.29, 1.82) is 0 Å². The standard InChI is InChI=1S/C60H37N/c1-2-14-40(15-3-1)58-52-19-8-9-20-53(52)59(54-30-28-45(37-56(54)58)42-23-22-38-12-4-5-16-41(38)32-42)46-25-24-43-34-48-36-49(29-26-44(48)33-47(43)35-46)61-57-21-11-10-18-51(57)55-31-27-39-13-6-7-17-50(39)60(55)61/h1-37H. The molecule has 61 heavy (non-hydrogen) atoms. The zero-order valence-electron chi connectivity index (χ0n) is 33.3. The van der Waals surface area contributed by atoms with E-state index in [-0.39, 0.29) is 0 Å². The van der Waals surface area contributed by atoms with Crippen molar-refractivity contribution in [3.63, 3.8) is 0 Å². The van der Waals surface area contributed by atoms with E-state index in [1.165, 1.54) is 126 Å². The largest absolute Gasteiger partial charge is 0.309 e. The van der Waals surface area contributed by atoms with E-state index in [9.17, 15) is 0 Å². The first-order chi connectivity index (χ1) is 30.2. The quantitative estimate of drug-likeness (QED) is 0.157. The average molecular weight is 772 g/mol. The normalized spacial score (nSPS) is 11.9. The van der Waals surface area contributed by atoms with Gasteiger partial charge in [-0.1, -0.05) is 176 Å². The Bertz CT molecular complexity index is 3930. The van der Waals surface area contributed by atoms with Gasteiger partial charge in [0.05, 0.1) is 11.0 Å². The third-order valence-electron chi connectivity index (χ3n) is 13.1. The highest BCUT2D eigenvalue weighted by atomic mass is 15.0. The van der Waals surface area contributed by atoms with Gasteiger partial charge >= 0.3 is 0 Å². The minimum atomic E-state index is 1.17. The highest BCUT2D eigenvalue weighted by molar-refractivity contribution is 6.23. The van der Waals surface area contributed by atoms with Crippen molar-refractivity contribution < 1.29 is 0 Å². The number of rotatable bonds is 4. The van der Waals surface area contributed by atoms with Gasteiger partial charge < -0.3 is 4.57 Å². The lowest BCUT2D eigenvalue weighted by Crippen LogP contribution is -1.94. The number of fused-ring (bicyclic) bond motifs is 10. The lowest BCUT2D eigenvalue weighted by molar-refractivity contribution is 1.19. The van der Waals surface area contributed by atoms with Crippen LogP contribution in [0.3, 0.4) is 0 Å². The van der Waals surface area contributed by atoms with Crippen molar-refractivity contribution >= 4 is 86.4 Å². The van der Waals surface area contributed by atoms with Crippen LogP contribution in [0.2, 0.25) is 0 Å². The topological polar surface area (TPSA) is 4.93 Å². The Morgan fingerprint density at radius 1 is 0.230 bits per heavy atom. The molecule has 0 aliphatic heterocycles. The summed E-state index contributed by atoms with van der Waals surface area (Å²) in [6.45, 7) is 0. The maximum atomic E-state index is 2.46. The molecule has 0 N–H and O–H groups in total. The number of aromatic nitrogens is 1. The maximum absolute atomic E-state index is 2.46. The summed E-state index contributed by atoms with van der Waals surface area (Å²) in [5.41, 5.74) is 11.1. The van der Waals surface area contributed by atoms with Gasteiger partial charge in [0.15, 0.2) is 0 Å². The van der Waals surface area contributed by atoms with E-state index >= 15 is 0 Å². The SMILES string of the molecule is c1ccc(-c2c3ccccc3c(-c3ccc4cc5cc(-n6c7ccccc7c7ccc8ccccc8c76)ccc5cc4c3)c3ccc(-c4ccc5ccccc5c4)cc23)cc1.